The van der Waals surface area contributed by atoms with E-state index in [1.54, 1.807) is 16.2 Å². The van der Waals surface area contributed by atoms with Gasteiger partial charge in [0.15, 0.2) is 5.13 Å². The average Bonchev–Trinajstić information content (AvgIpc) is 3.09. The molecule has 1 saturated heterocycles. The molecule has 148 valence electrons. The number of amides is 2. The van der Waals surface area contributed by atoms with E-state index in [2.05, 4.69) is 4.98 Å². The zero-order chi connectivity index (χ0) is 19.6. The zero-order valence-electron chi connectivity index (χ0n) is 16.2. The van der Waals surface area contributed by atoms with Gasteiger partial charge in [-0.1, -0.05) is 25.2 Å². The SMILES string of the molecule is CC(C)COC(=O)N1CCCN(C(=O)c2cc3sc(N(C)C)nc3s2)CC1. The molecule has 1 aliphatic heterocycles. The minimum absolute atomic E-state index is 0.0222. The number of carbonyl (C=O) groups is 2. The lowest BCUT2D eigenvalue weighted by Gasteiger charge is -2.21. The van der Waals surface area contributed by atoms with Gasteiger partial charge in [-0.3, -0.25) is 4.79 Å². The van der Waals surface area contributed by atoms with E-state index in [9.17, 15) is 9.59 Å². The number of rotatable bonds is 4. The van der Waals surface area contributed by atoms with E-state index < -0.39 is 0 Å². The zero-order valence-corrected chi connectivity index (χ0v) is 17.9. The Kier molecular flexibility index (Phi) is 6.21. The molecule has 2 amide bonds. The summed E-state index contributed by atoms with van der Waals surface area (Å²) in [5, 5.41) is 0.945. The van der Waals surface area contributed by atoms with Gasteiger partial charge in [0.2, 0.25) is 0 Å². The second-order valence-electron chi connectivity index (χ2n) is 7.27. The predicted molar refractivity (Wildman–Crippen MR) is 110 cm³/mol. The summed E-state index contributed by atoms with van der Waals surface area (Å²) in [6, 6.07) is 1.94. The molecule has 3 rings (SSSR count). The van der Waals surface area contributed by atoms with Crippen LogP contribution in [0.3, 0.4) is 0 Å². The van der Waals surface area contributed by atoms with Gasteiger partial charge in [0.25, 0.3) is 5.91 Å². The van der Waals surface area contributed by atoms with E-state index in [0.717, 1.165) is 21.1 Å². The lowest BCUT2D eigenvalue weighted by Crippen LogP contribution is -2.37. The van der Waals surface area contributed by atoms with Gasteiger partial charge in [-0.05, 0) is 18.4 Å². The molecule has 0 bridgehead atoms. The second-order valence-corrected chi connectivity index (χ2v) is 9.31. The Morgan fingerprint density at radius 1 is 1.19 bits per heavy atom. The number of nitrogens with zero attached hydrogens (tertiary/aromatic N) is 4. The van der Waals surface area contributed by atoms with Crippen molar-refractivity contribution < 1.29 is 14.3 Å². The van der Waals surface area contributed by atoms with Crippen LogP contribution in [0.1, 0.15) is 29.9 Å². The van der Waals surface area contributed by atoms with Gasteiger partial charge >= 0.3 is 6.09 Å². The summed E-state index contributed by atoms with van der Waals surface area (Å²) < 4.78 is 6.36. The van der Waals surface area contributed by atoms with Gasteiger partial charge in [-0.15, -0.1) is 11.3 Å². The fourth-order valence-electron chi connectivity index (χ4n) is 2.81. The summed E-state index contributed by atoms with van der Waals surface area (Å²) in [6.07, 6.45) is 0.473. The molecule has 0 aromatic carbocycles. The molecule has 27 heavy (non-hydrogen) atoms. The molecule has 0 radical (unpaired) electrons. The Morgan fingerprint density at radius 3 is 2.56 bits per heavy atom. The molecule has 1 fully saturated rings. The largest absolute Gasteiger partial charge is 0.449 e. The van der Waals surface area contributed by atoms with Crippen molar-refractivity contribution in [3.05, 3.63) is 10.9 Å². The van der Waals surface area contributed by atoms with E-state index in [1.165, 1.54) is 11.3 Å². The Labute approximate surface area is 167 Å². The van der Waals surface area contributed by atoms with Crippen LogP contribution in [0.25, 0.3) is 9.53 Å². The Hall–Kier alpha value is -1.87. The standard InChI is InChI=1S/C18H26N4O3S2/c1-12(2)11-25-18(24)22-7-5-6-21(8-9-22)16(23)14-10-13-15(26-14)19-17(27-13)20(3)4/h10,12H,5-9,11H2,1-4H3. The van der Waals surface area contributed by atoms with E-state index in [1.807, 2.05) is 43.8 Å². The van der Waals surface area contributed by atoms with E-state index in [4.69, 9.17) is 4.74 Å². The number of fused-ring (bicyclic) bond motifs is 1. The molecule has 2 aromatic rings. The Balaban J connectivity index is 1.62. The highest BCUT2D eigenvalue weighted by Gasteiger charge is 2.25. The molecule has 7 nitrogen and oxygen atoms in total. The predicted octanol–water partition coefficient (Wildman–Crippen LogP) is 3.36. The molecular formula is C18H26N4O3S2. The summed E-state index contributed by atoms with van der Waals surface area (Å²) in [4.78, 5) is 36.8. The average molecular weight is 411 g/mol. The fourth-order valence-corrected chi connectivity index (χ4v) is 4.91. The van der Waals surface area contributed by atoms with Gasteiger partial charge < -0.3 is 19.4 Å². The first-order valence-corrected chi connectivity index (χ1v) is 10.8. The number of ether oxygens (including phenoxy) is 1. The van der Waals surface area contributed by atoms with Crippen molar-refractivity contribution in [2.24, 2.45) is 5.92 Å². The first-order valence-electron chi connectivity index (χ1n) is 9.14. The Bertz CT molecular complexity index is 783. The molecule has 1 aliphatic rings. The third-order valence-corrected chi connectivity index (χ3v) is 6.57. The van der Waals surface area contributed by atoms with E-state index in [-0.39, 0.29) is 12.0 Å². The van der Waals surface area contributed by atoms with Crippen molar-refractivity contribution in [1.29, 1.82) is 0 Å². The molecule has 0 N–H and O–H groups in total. The molecule has 0 aliphatic carbocycles. The van der Waals surface area contributed by atoms with Gasteiger partial charge in [-0.25, -0.2) is 9.78 Å². The summed E-state index contributed by atoms with van der Waals surface area (Å²) in [6.45, 7) is 6.74. The third-order valence-electron chi connectivity index (χ3n) is 4.25. The van der Waals surface area contributed by atoms with Crippen molar-refractivity contribution in [1.82, 2.24) is 14.8 Å². The molecule has 0 unspecified atom stereocenters. The number of anilines is 1. The number of carbonyl (C=O) groups excluding carboxylic acids is 2. The van der Waals surface area contributed by atoms with Crippen LogP contribution in [0.4, 0.5) is 9.93 Å². The number of hydrogen-bond acceptors (Lipinski definition) is 7. The molecule has 9 heteroatoms. The van der Waals surface area contributed by atoms with Crippen LogP contribution in [0.2, 0.25) is 0 Å². The number of hydrogen-bond donors (Lipinski definition) is 0. The molecule has 0 saturated carbocycles. The van der Waals surface area contributed by atoms with Gasteiger partial charge in [0.05, 0.1) is 16.2 Å². The highest BCUT2D eigenvalue weighted by molar-refractivity contribution is 7.29. The Morgan fingerprint density at radius 2 is 1.89 bits per heavy atom. The molecular weight excluding hydrogens is 384 g/mol. The van der Waals surface area contributed by atoms with Crippen molar-refractivity contribution >= 4 is 49.3 Å². The van der Waals surface area contributed by atoms with Gasteiger partial charge in [0.1, 0.15) is 4.83 Å². The summed E-state index contributed by atoms with van der Waals surface area (Å²) in [5.74, 6) is 0.335. The molecule has 3 heterocycles. The molecule has 0 atom stereocenters. The van der Waals surface area contributed by atoms with Crippen molar-refractivity contribution in [2.45, 2.75) is 20.3 Å². The number of thiazole rings is 1. The van der Waals surface area contributed by atoms with E-state index >= 15 is 0 Å². The highest BCUT2D eigenvalue weighted by atomic mass is 32.1. The summed E-state index contributed by atoms with van der Waals surface area (Å²) in [7, 11) is 3.92. The van der Waals surface area contributed by atoms with Crippen LogP contribution in [-0.4, -0.2) is 73.7 Å². The van der Waals surface area contributed by atoms with Crippen LogP contribution >= 0.6 is 22.7 Å². The highest BCUT2D eigenvalue weighted by Crippen LogP contribution is 2.34. The minimum Gasteiger partial charge on any atom is -0.449 e. The van der Waals surface area contributed by atoms with Gasteiger partial charge in [-0.2, -0.15) is 0 Å². The topological polar surface area (TPSA) is 66.0 Å². The molecule has 0 spiro atoms. The minimum atomic E-state index is -0.282. The number of aromatic nitrogens is 1. The smallest absolute Gasteiger partial charge is 0.409 e. The maximum atomic E-state index is 12.9. The summed E-state index contributed by atoms with van der Waals surface area (Å²) >= 11 is 3.03. The van der Waals surface area contributed by atoms with Crippen molar-refractivity contribution in [3.63, 3.8) is 0 Å². The maximum Gasteiger partial charge on any atom is 0.409 e. The third kappa shape index (κ3) is 4.70. The van der Waals surface area contributed by atoms with E-state index in [0.29, 0.717) is 43.6 Å². The van der Waals surface area contributed by atoms with Crippen molar-refractivity contribution in [2.75, 3.05) is 51.8 Å². The van der Waals surface area contributed by atoms with Crippen LogP contribution in [-0.2, 0) is 4.74 Å². The van der Waals surface area contributed by atoms with Gasteiger partial charge in [0, 0.05) is 40.3 Å². The molecule has 2 aromatic heterocycles. The maximum absolute atomic E-state index is 12.9. The summed E-state index contributed by atoms with van der Waals surface area (Å²) in [5.41, 5.74) is 0. The monoisotopic (exact) mass is 410 g/mol. The van der Waals surface area contributed by atoms with Crippen LogP contribution in [0.5, 0.6) is 0 Å². The van der Waals surface area contributed by atoms with Crippen LogP contribution in [0.15, 0.2) is 6.07 Å². The first kappa shape index (κ1) is 19.9. The van der Waals surface area contributed by atoms with Crippen molar-refractivity contribution in [3.8, 4) is 0 Å². The lowest BCUT2D eigenvalue weighted by molar-refractivity contribution is 0.0751. The quantitative estimate of drug-likeness (QED) is 0.773. The van der Waals surface area contributed by atoms with Crippen LogP contribution < -0.4 is 4.90 Å². The fraction of sp³-hybridized carbons (Fsp3) is 0.611. The van der Waals surface area contributed by atoms with Crippen LogP contribution in [0, 0.1) is 5.92 Å². The lowest BCUT2D eigenvalue weighted by atomic mass is 10.2. The number of thiophene rings is 1. The second kappa shape index (κ2) is 8.43. The normalized spacial score (nSPS) is 15.3. The first-order chi connectivity index (χ1) is 12.8.